The van der Waals surface area contributed by atoms with Gasteiger partial charge in [-0.3, -0.25) is 9.88 Å². The summed E-state index contributed by atoms with van der Waals surface area (Å²) in [6.45, 7) is 7.41. The Morgan fingerprint density at radius 1 is 1.56 bits per heavy atom. The first-order valence-electron chi connectivity index (χ1n) is 6.07. The Balaban J connectivity index is 2.03. The van der Waals surface area contributed by atoms with E-state index >= 15 is 0 Å². The van der Waals surface area contributed by atoms with Crippen LogP contribution in [0, 0.1) is 0 Å². The molecular weight excluding hydrogens is 200 g/mol. The molecule has 3 heteroatoms. The Kier molecular flexibility index (Phi) is 3.91. The van der Waals surface area contributed by atoms with E-state index in [-0.39, 0.29) is 6.10 Å². The Morgan fingerprint density at radius 3 is 3.12 bits per heavy atom. The highest BCUT2D eigenvalue weighted by molar-refractivity contribution is 5.13. The van der Waals surface area contributed by atoms with E-state index in [1.54, 1.807) is 6.20 Å². The minimum Gasteiger partial charge on any atom is -0.371 e. The fourth-order valence-electron chi connectivity index (χ4n) is 2.17. The number of rotatable bonds is 3. The second kappa shape index (κ2) is 5.41. The van der Waals surface area contributed by atoms with Gasteiger partial charge in [-0.1, -0.05) is 13.0 Å². The second-order valence-electron chi connectivity index (χ2n) is 4.45. The second-order valence-corrected chi connectivity index (χ2v) is 4.45. The summed E-state index contributed by atoms with van der Waals surface area (Å²) in [4.78, 5) is 6.65. The number of hydrogen-bond acceptors (Lipinski definition) is 3. The summed E-state index contributed by atoms with van der Waals surface area (Å²) >= 11 is 0. The molecule has 2 rings (SSSR count). The van der Waals surface area contributed by atoms with Gasteiger partial charge in [0, 0.05) is 30.5 Å². The lowest BCUT2D eigenvalue weighted by atomic mass is 10.1. The smallest absolute Gasteiger partial charge is 0.0967 e. The molecule has 3 nitrogen and oxygen atoms in total. The van der Waals surface area contributed by atoms with Gasteiger partial charge in [0.1, 0.15) is 0 Å². The lowest BCUT2D eigenvalue weighted by molar-refractivity contribution is -0.0599. The molecule has 0 aliphatic carbocycles. The van der Waals surface area contributed by atoms with Crippen LogP contribution in [0.1, 0.15) is 31.9 Å². The largest absolute Gasteiger partial charge is 0.371 e. The van der Waals surface area contributed by atoms with Crippen LogP contribution < -0.4 is 0 Å². The molecule has 0 bridgehead atoms. The van der Waals surface area contributed by atoms with E-state index in [2.05, 4.69) is 29.8 Å². The Labute approximate surface area is 97.4 Å². The molecule has 0 unspecified atom stereocenters. The highest BCUT2D eigenvalue weighted by Gasteiger charge is 2.26. The van der Waals surface area contributed by atoms with Crippen LogP contribution in [0.15, 0.2) is 24.5 Å². The quantitative estimate of drug-likeness (QED) is 0.781. The summed E-state index contributed by atoms with van der Waals surface area (Å²) in [5.41, 5.74) is 1.19. The number of hydrogen-bond donors (Lipinski definition) is 0. The summed E-state index contributed by atoms with van der Waals surface area (Å²) in [7, 11) is 0. The Hall–Kier alpha value is -0.930. The minimum absolute atomic E-state index is 0.191. The van der Waals surface area contributed by atoms with Crippen molar-refractivity contribution in [3.05, 3.63) is 30.1 Å². The van der Waals surface area contributed by atoms with Crippen LogP contribution in [-0.4, -0.2) is 35.6 Å². The summed E-state index contributed by atoms with van der Waals surface area (Å²) in [6.07, 6.45) is 5.10. The topological polar surface area (TPSA) is 25.4 Å². The van der Waals surface area contributed by atoms with Crippen LogP contribution >= 0.6 is 0 Å². The number of pyridine rings is 1. The van der Waals surface area contributed by atoms with Crippen molar-refractivity contribution in [1.82, 2.24) is 9.88 Å². The average molecular weight is 220 g/mol. The fourth-order valence-corrected chi connectivity index (χ4v) is 2.17. The zero-order valence-electron chi connectivity index (χ0n) is 10.1. The van der Waals surface area contributed by atoms with Gasteiger partial charge in [-0.2, -0.15) is 0 Å². The molecule has 0 radical (unpaired) electrons. The van der Waals surface area contributed by atoms with E-state index in [0.29, 0.717) is 6.04 Å². The molecule has 0 amide bonds. The summed E-state index contributed by atoms with van der Waals surface area (Å²) in [5.74, 6) is 0. The van der Waals surface area contributed by atoms with E-state index in [9.17, 15) is 0 Å². The number of aromatic nitrogens is 1. The lowest BCUT2D eigenvalue weighted by Crippen LogP contribution is -2.45. The molecule has 1 aliphatic heterocycles. The Morgan fingerprint density at radius 2 is 2.44 bits per heavy atom. The maximum Gasteiger partial charge on any atom is 0.0967 e. The number of nitrogens with zero attached hydrogens (tertiary/aromatic N) is 2. The molecule has 0 aromatic carbocycles. The summed E-state index contributed by atoms with van der Waals surface area (Å²) in [6, 6.07) is 4.60. The predicted molar refractivity (Wildman–Crippen MR) is 64.3 cm³/mol. The van der Waals surface area contributed by atoms with E-state index in [1.807, 2.05) is 12.3 Å². The van der Waals surface area contributed by atoms with Crippen molar-refractivity contribution in [1.29, 1.82) is 0 Å². The van der Waals surface area contributed by atoms with Crippen LogP contribution in [-0.2, 0) is 4.74 Å². The van der Waals surface area contributed by atoms with Crippen molar-refractivity contribution in [3.63, 3.8) is 0 Å². The van der Waals surface area contributed by atoms with E-state index in [1.165, 1.54) is 12.0 Å². The molecule has 1 aromatic rings. The van der Waals surface area contributed by atoms with Gasteiger partial charge in [-0.05, 0) is 26.0 Å². The SMILES string of the molecule is CCCN1C[C@@H](c2cccnc2)OC[C@@H]1C. The van der Waals surface area contributed by atoms with Crippen molar-refractivity contribution < 1.29 is 4.74 Å². The maximum absolute atomic E-state index is 5.87. The van der Waals surface area contributed by atoms with Crippen molar-refractivity contribution >= 4 is 0 Å². The molecule has 88 valence electrons. The zero-order valence-corrected chi connectivity index (χ0v) is 10.1. The Bertz CT molecular complexity index is 315. The van der Waals surface area contributed by atoms with Gasteiger partial charge in [0.2, 0.25) is 0 Å². The zero-order chi connectivity index (χ0) is 11.4. The molecule has 0 spiro atoms. The number of ether oxygens (including phenoxy) is 1. The van der Waals surface area contributed by atoms with Crippen molar-refractivity contribution in [2.24, 2.45) is 0 Å². The standard InChI is InChI=1S/C13H20N2O/c1-3-7-15-9-13(16-10-11(15)2)12-5-4-6-14-8-12/h4-6,8,11,13H,3,7,9-10H2,1-2H3/t11-,13-/m0/s1. The van der Waals surface area contributed by atoms with Crippen LogP contribution in [0.2, 0.25) is 0 Å². The lowest BCUT2D eigenvalue weighted by Gasteiger charge is -2.37. The predicted octanol–water partition coefficient (Wildman–Crippen LogP) is 2.25. The van der Waals surface area contributed by atoms with Crippen molar-refractivity contribution in [2.45, 2.75) is 32.4 Å². The molecule has 1 saturated heterocycles. The molecule has 1 aliphatic rings. The third kappa shape index (κ3) is 2.60. The normalized spacial score (nSPS) is 26.9. The average Bonchev–Trinajstić information content (AvgIpc) is 2.33. The molecule has 2 heterocycles. The van der Waals surface area contributed by atoms with Crippen molar-refractivity contribution in [2.75, 3.05) is 19.7 Å². The fraction of sp³-hybridized carbons (Fsp3) is 0.615. The minimum atomic E-state index is 0.191. The van der Waals surface area contributed by atoms with E-state index in [4.69, 9.17) is 4.74 Å². The van der Waals surface area contributed by atoms with Crippen LogP contribution in [0.3, 0.4) is 0 Å². The summed E-state index contributed by atoms with van der Waals surface area (Å²) in [5, 5.41) is 0. The van der Waals surface area contributed by atoms with Gasteiger partial charge in [-0.25, -0.2) is 0 Å². The maximum atomic E-state index is 5.87. The first-order valence-corrected chi connectivity index (χ1v) is 6.07. The molecule has 0 N–H and O–H groups in total. The van der Waals surface area contributed by atoms with Crippen molar-refractivity contribution in [3.8, 4) is 0 Å². The van der Waals surface area contributed by atoms with Gasteiger partial charge < -0.3 is 4.74 Å². The van der Waals surface area contributed by atoms with E-state index < -0.39 is 0 Å². The molecular formula is C13H20N2O. The van der Waals surface area contributed by atoms with Gasteiger partial charge in [-0.15, -0.1) is 0 Å². The molecule has 1 aromatic heterocycles. The first kappa shape index (κ1) is 11.6. The van der Waals surface area contributed by atoms with Gasteiger partial charge in [0.25, 0.3) is 0 Å². The van der Waals surface area contributed by atoms with Crippen LogP contribution in [0.4, 0.5) is 0 Å². The van der Waals surface area contributed by atoms with Gasteiger partial charge in [0.05, 0.1) is 12.7 Å². The third-order valence-electron chi connectivity index (χ3n) is 3.13. The van der Waals surface area contributed by atoms with Gasteiger partial charge in [0.15, 0.2) is 0 Å². The monoisotopic (exact) mass is 220 g/mol. The van der Waals surface area contributed by atoms with Crippen LogP contribution in [0.5, 0.6) is 0 Å². The van der Waals surface area contributed by atoms with E-state index in [0.717, 1.165) is 19.7 Å². The molecule has 1 fully saturated rings. The highest BCUT2D eigenvalue weighted by Crippen LogP contribution is 2.24. The third-order valence-corrected chi connectivity index (χ3v) is 3.13. The first-order chi connectivity index (χ1) is 7.81. The molecule has 2 atom stereocenters. The molecule has 0 saturated carbocycles. The molecule has 16 heavy (non-hydrogen) atoms. The van der Waals surface area contributed by atoms with Gasteiger partial charge >= 0.3 is 0 Å². The highest BCUT2D eigenvalue weighted by atomic mass is 16.5. The summed E-state index contributed by atoms with van der Waals surface area (Å²) < 4.78 is 5.87. The number of morpholine rings is 1. The van der Waals surface area contributed by atoms with Crippen LogP contribution in [0.25, 0.3) is 0 Å².